The van der Waals surface area contributed by atoms with Crippen LogP contribution in [0.25, 0.3) is 10.9 Å². The summed E-state index contributed by atoms with van der Waals surface area (Å²) in [5.74, 6) is 0. The minimum Gasteiger partial charge on any atom is -0.356 e. The molecule has 2 aromatic heterocycles. The second kappa shape index (κ2) is 5.67. The highest BCUT2D eigenvalue weighted by atomic mass is 79.9. The van der Waals surface area contributed by atoms with E-state index < -0.39 is 0 Å². The van der Waals surface area contributed by atoms with Gasteiger partial charge in [-0.2, -0.15) is 0 Å². The van der Waals surface area contributed by atoms with Crippen molar-refractivity contribution in [2.45, 2.75) is 13.1 Å². The normalized spacial score (nSPS) is 11.3. The maximum atomic E-state index is 6.37. The number of aromatic amines is 1. The van der Waals surface area contributed by atoms with Crippen molar-refractivity contribution in [3.8, 4) is 0 Å². The predicted molar refractivity (Wildman–Crippen MR) is 85.9 cm³/mol. The summed E-state index contributed by atoms with van der Waals surface area (Å²) in [7, 11) is 0. The summed E-state index contributed by atoms with van der Waals surface area (Å²) < 4.78 is 1.16. The van der Waals surface area contributed by atoms with Gasteiger partial charge in [0.2, 0.25) is 0 Å². The number of hydrogen-bond acceptors (Lipinski definition) is 2. The number of hydrogen-bond donors (Lipinski definition) is 2. The number of aromatic nitrogens is 1. The summed E-state index contributed by atoms with van der Waals surface area (Å²) in [6, 6.07) is 12.3. The molecule has 1 aromatic carbocycles. The van der Waals surface area contributed by atoms with Gasteiger partial charge < -0.3 is 10.3 Å². The van der Waals surface area contributed by atoms with Gasteiger partial charge >= 0.3 is 0 Å². The van der Waals surface area contributed by atoms with Crippen LogP contribution in [0.5, 0.6) is 0 Å². The molecule has 3 rings (SSSR count). The van der Waals surface area contributed by atoms with Crippen LogP contribution in [0.1, 0.15) is 10.6 Å². The molecule has 0 bridgehead atoms. The number of rotatable bonds is 4. The van der Waals surface area contributed by atoms with Crippen LogP contribution < -0.4 is 5.32 Å². The SMILES string of the molecule is Clc1c(CNCc2ccc(Br)s2)[nH]c2ccccc12. The monoisotopic (exact) mass is 354 g/mol. The van der Waals surface area contributed by atoms with E-state index in [9.17, 15) is 0 Å². The largest absolute Gasteiger partial charge is 0.356 e. The Labute approximate surface area is 128 Å². The van der Waals surface area contributed by atoms with E-state index >= 15 is 0 Å². The topological polar surface area (TPSA) is 27.8 Å². The molecule has 2 heterocycles. The zero-order valence-electron chi connectivity index (χ0n) is 10.0. The third-order valence-electron chi connectivity index (χ3n) is 2.94. The zero-order chi connectivity index (χ0) is 13.2. The van der Waals surface area contributed by atoms with E-state index in [1.165, 1.54) is 4.88 Å². The van der Waals surface area contributed by atoms with Gasteiger partial charge in [0.05, 0.1) is 8.81 Å². The molecule has 2 nitrogen and oxygen atoms in total. The number of para-hydroxylation sites is 1. The first-order valence-corrected chi connectivity index (χ1v) is 7.93. The minimum atomic E-state index is 0.739. The van der Waals surface area contributed by atoms with Crippen molar-refractivity contribution in [2.24, 2.45) is 0 Å². The molecule has 19 heavy (non-hydrogen) atoms. The van der Waals surface area contributed by atoms with E-state index in [0.717, 1.165) is 38.5 Å². The summed E-state index contributed by atoms with van der Waals surface area (Å²) >= 11 is 11.6. The molecule has 0 aliphatic carbocycles. The molecule has 0 aliphatic rings. The maximum absolute atomic E-state index is 6.37. The number of fused-ring (bicyclic) bond motifs is 1. The fourth-order valence-corrected chi connectivity index (χ4v) is 3.77. The van der Waals surface area contributed by atoms with E-state index in [1.54, 1.807) is 11.3 Å². The first-order valence-electron chi connectivity index (χ1n) is 5.94. The Morgan fingerprint density at radius 3 is 2.74 bits per heavy atom. The van der Waals surface area contributed by atoms with Crippen molar-refractivity contribution in [2.75, 3.05) is 0 Å². The van der Waals surface area contributed by atoms with Gasteiger partial charge in [-0.1, -0.05) is 29.8 Å². The van der Waals surface area contributed by atoms with Crippen molar-refractivity contribution in [1.82, 2.24) is 10.3 Å². The van der Waals surface area contributed by atoms with E-state index in [-0.39, 0.29) is 0 Å². The number of H-pyrrole nitrogens is 1. The molecule has 98 valence electrons. The molecule has 0 spiro atoms. The lowest BCUT2D eigenvalue weighted by Gasteiger charge is -2.01. The van der Waals surface area contributed by atoms with Crippen LogP contribution in [0.15, 0.2) is 40.2 Å². The van der Waals surface area contributed by atoms with Crippen molar-refractivity contribution in [3.05, 3.63) is 55.8 Å². The zero-order valence-corrected chi connectivity index (χ0v) is 13.2. The van der Waals surface area contributed by atoms with Crippen molar-refractivity contribution in [3.63, 3.8) is 0 Å². The first kappa shape index (κ1) is 13.2. The Morgan fingerprint density at radius 2 is 2.00 bits per heavy atom. The summed E-state index contributed by atoms with van der Waals surface area (Å²) in [5.41, 5.74) is 2.13. The minimum absolute atomic E-state index is 0.739. The molecule has 0 unspecified atom stereocenters. The highest BCUT2D eigenvalue weighted by Gasteiger charge is 2.08. The molecule has 0 saturated carbocycles. The predicted octanol–water partition coefficient (Wildman–Crippen LogP) is 4.94. The van der Waals surface area contributed by atoms with E-state index in [1.807, 2.05) is 24.3 Å². The molecular weight excluding hydrogens is 344 g/mol. The van der Waals surface area contributed by atoms with Gasteiger partial charge in [0.25, 0.3) is 0 Å². The Kier molecular flexibility index (Phi) is 3.93. The molecule has 0 fully saturated rings. The number of thiophene rings is 1. The molecule has 0 radical (unpaired) electrons. The van der Waals surface area contributed by atoms with Crippen LogP contribution in [0, 0.1) is 0 Å². The Bertz CT molecular complexity index is 704. The molecule has 0 saturated heterocycles. The van der Waals surface area contributed by atoms with Crippen LogP contribution in [0.2, 0.25) is 5.02 Å². The summed E-state index contributed by atoms with van der Waals surface area (Å²) in [6.45, 7) is 1.59. The number of benzene rings is 1. The van der Waals surface area contributed by atoms with Gasteiger partial charge in [0.1, 0.15) is 0 Å². The number of halogens is 2. The standard InChI is InChI=1S/C14H12BrClN2S/c15-13-6-5-9(19-13)7-17-8-12-14(16)10-3-1-2-4-11(10)18-12/h1-6,17-18H,7-8H2. The van der Waals surface area contributed by atoms with Gasteiger partial charge in [-0.05, 0) is 34.1 Å². The summed E-state index contributed by atoms with van der Waals surface area (Å²) in [4.78, 5) is 4.66. The van der Waals surface area contributed by atoms with Gasteiger partial charge in [-0.25, -0.2) is 0 Å². The van der Waals surface area contributed by atoms with Gasteiger partial charge in [0.15, 0.2) is 0 Å². The van der Waals surface area contributed by atoms with Crippen molar-refractivity contribution in [1.29, 1.82) is 0 Å². The van der Waals surface area contributed by atoms with Crippen LogP contribution in [0.3, 0.4) is 0 Å². The van der Waals surface area contributed by atoms with Crippen LogP contribution >= 0.6 is 38.9 Å². The molecule has 5 heteroatoms. The molecule has 0 amide bonds. The fraction of sp³-hybridized carbons (Fsp3) is 0.143. The van der Waals surface area contributed by atoms with Crippen LogP contribution in [0.4, 0.5) is 0 Å². The second-order valence-corrected chi connectivity index (χ2v) is 7.20. The van der Waals surface area contributed by atoms with Gasteiger partial charge in [-0.15, -0.1) is 11.3 Å². The fourth-order valence-electron chi connectivity index (χ4n) is 2.04. The lowest BCUT2D eigenvalue weighted by atomic mass is 10.2. The van der Waals surface area contributed by atoms with Gasteiger partial charge in [0, 0.05) is 34.6 Å². The molecular formula is C14H12BrClN2S. The average molecular weight is 356 g/mol. The molecule has 2 N–H and O–H groups in total. The van der Waals surface area contributed by atoms with E-state index in [4.69, 9.17) is 11.6 Å². The van der Waals surface area contributed by atoms with E-state index in [2.05, 4.69) is 38.4 Å². The highest BCUT2D eigenvalue weighted by molar-refractivity contribution is 9.11. The Balaban J connectivity index is 1.70. The lowest BCUT2D eigenvalue weighted by molar-refractivity contribution is 0.691. The molecule has 3 aromatic rings. The third-order valence-corrected chi connectivity index (χ3v) is 5.00. The first-order chi connectivity index (χ1) is 9.24. The second-order valence-electron chi connectivity index (χ2n) is 4.27. The Hall–Kier alpha value is -0.810. The van der Waals surface area contributed by atoms with Gasteiger partial charge in [-0.3, -0.25) is 0 Å². The van der Waals surface area contributed by atoms with Crippen LogP contribution in [-0.2, 0) is 13.1 Å². The quantitative estimate of drug-likeness (QED) is 0.682. The lowest BCUT2D eigenvalue weighted by Crippen LogP contribution is -2.12. The smallest absolute Gasteiger partial charge is 0.0705 e. The van der Waals surface area contributed by atoms with Crippen molar-refractivity contribution >= 4 is 49.8 Å². The summed E-state index contributed by atoms with van der Waals surface area (Å²) in [5, 5.41) is 5.31. The van der Waals surface area contributed by atoms with Crippen molar-refractivity contribution < 1.29 is 0 Å². The average Bonchev–Trinajstić information content (AvgIpc) is 2.96. The molecule has 0 aliphatic heterocycles. The Morgan fingerprint density at radius 1 is 1.16 bits per heavy atom. The van der Waals surface area contributed by atoms with E-state index in [0.29, 0.717) is 0 Å². The molecule has 0 atom stereocenters. The third kappa shape index (κ3) is 2.87. The summed E-state index contributed by atoms with van der Waals surface area (Å²) in [6.07, 6.45) is 0. The number of nitrogens with one attached hydrogen (secondary N) is 2. The highest BCUT2D eigenvalue weighted by Crippen LogP contribution is 2.27. The van der Waals surface area contributed by atoms with Crippen LogP contribution in [-0.4, -0.2) is 4.98 Å². The maximum Gasteiger partial charge on any atom is 0.0705 e.